The zero-order chi connectivity index (χ0) is 14.1. The molecular formula is C14H20N4S. The number of unbranched alkanes of at least 4 members (excludes halogenated alkanes) is 2. The van der Waals surface area contributed by atoms with Gasteiger partial charge >= 0.3 is 0 Å². The van der Waals surface area contributed by atoms with Crippen LogP contribution in [0.25, 0.3) is 0 Å². The quantitative estimate of drug-likeness (QED) is 0.698. The summed E-state index contributed by atoms with van der Waals surface area (Å²) < 4.78 is 0. The lowest BCUT2D eigenvalue weighted by Crippen LogP contribution is -2.30. The number of aliphatic imine (C=N–C) groups is 1. The van der Waals surface area contributed by atoms with E-state index in [1.807, 2.05) is 12.1 Å². The molecule has 5 heteroatoms. The van der Waals surface area contributed by atoms with Crippen LogP contribution in [-0.2, 0) is 0 Å². The van der Waals surface area contributed by atoms with Crippen molar-refractivity contribution < 1.29 is 0 Å². The minimum Gasteiger partial charge on any atom is -0.351 e. The first-order chi connectivity index (χ1) is 9.26. The highest BCUT2D eigenvalue weighted by atomic mass is 32.2. The Hall–Kier alpha value is -1.46. The maximum atomic E-state index is 8.87. The van der Waals surface area contributed by atoms with Crippen molar-refractivity contribution in [1.82, 2.24) is 4.90 Å². The first-order valence-electron chi connectivity index (χ1n) is 6.76. The fraction of sp³-hybridized carbons (Fsp3) is 0.643. The normalized spacial score (nSPS) is 13.7. The molecule has 0 fully saturated rings. The van der Waals surface area contributed by atoms with Crippen molar-refractivity contribution in [1.29, 1.82) is 10.5 Å². The Labute approximate surface area is 119 Å². The first kappa shape index (κ1) is 15.6. The second-order valence-electron chi connectivity index (χ2n) is 4.42. The van der Waals surface area contributed by atoms with Crippen molar-refractivity contribution in [3.8, 4) is 12.1 Å². The predicted octanol–water partition coefficient (Wildman–Crippen LogP) is 3.29. The van der Waals surface area contributed by atoms with Crippen LogP contribution < -0.4 is 0 Å². The van der Waals surface area contributed by atoms with Crippen LogP contribution in [0.15, 0.2) is 16.3 Å². The van der Waals surface area contributed by atoms with Crippen LogP contribution in [0.4, 0.5) is 0 Å². The highest BCUT2D eigenvalue weighted by Gasteiger charge is 2.20. The van der Waals surface area contributed by atoms with E-state index in [9.17, 15) is 0 Å². The lowest BCUT2D eigenvalue weighted by molar-refractivity contribution is 0.405. The van der Waals surface area contributed by atoms with Gasteiger partial charge in [-0.3, -0.25) is 0 Å². The second-order valence-corrected chi connectivity index (χ2v) is 5.37. The highest BCUT2D eigenvalue weighted by molar-refractivity contribution is 8.14. The fourth-order valence-electron chi connectivity index (χ4n) is 1.76. The maximum absolute atomic E-state index is 8.87. The summed E-state index contributed by atoms with van der Waals surface area (Å²) >= 11 is 1.63. The van der Waals surface area contributed by atoms with E-state index in [2.05, 4.69) is 23.7 Å². The molecule has 0 aromatic heterocycles. The van der Waals surface area contributed by atoms with Gasteiger partial charge in [0.05, 0.1) is 5.70 Å². The van der Waals surface area contributed by atoms with E-state index < -0.39 is 0 Å². The molecule has 0 saturated heterocycles. The summed E-state index contributed by atoms with van der Waals surface area (Å²) in [6, 6.07) is 3.84. The summed E-state index contributed by atoms with van der Waals surface area (Å²) in [5, 5.41) is 18.7. The van der Waals surface area contributed by atoms with Gasteiger partial charge in [-0.2, -0.15) is 10.5 Å². The van der Waals surface area contributed by atoms with E-state index in [1.165, 1.54) is 0 Å². The van der Waals surface area contributed by atoms with Gasteiger partial charge in [0.1, 0.15) is 12.1 Å². The van der Waals surface area contributed by atoms with Crippen LogP contribution in [0.3, 0.4) is 0 Å². The number of allylic oxidation sites excluding steroid dienone is 1. The van der Waals surface area contributed by atoms with Crippen LogP contribution in [0.2, 0.25) is 0 Å². The number of hydrogen-bond acceptors (Lipinski definition) is 5. The molecule has 0 aromatic rings. The molecule has 1 aliphatic rings. The van der Waals surface area contributed by atoms with E-state index >= 15 is 0 Å². The minimum absolute atomic E-state index is 0.147. The van der Waals surface area contributed by atoms with Gasteiger partial charge in [0.15, 0.2) is 10.7 Å². The van der Waals surface area contributed by atoms with E-state index in [-0.39, 0.29) is 5.57 Å². The van der Waals surface area contributed by atoms with E-state index in [0.29, 0.717) is 11.4 Å². The number of amidine groups is 1. The van der Waals surface area contributed by atoms with Crippen molar-refractivity contribution in [2.45, 2.75) is 39.5 Å². The molecule has 0 amide bonds. The van der Waals surface area contributed by atoms with Crippen molar-refractivity contribution in [2.24, 2.45) is 4.99 Å². The van der Waals surface area contributed by atoms with Crippen LogP contribution >= 0.6 is 11.8 Å². The number of rotatable bonds is 6. The van der Waals surface area contributed by atoms with Crippen molar-refractivity contribution >= 4 is 16.9 Å². The minimum atomic E-state index is 0.147. The molecule has 0 radical (unpaired) electrons. The highest BCUT2D eigenvalue weighted by Crippen LogP contribution is 2.26. The predicted molar refractivity (Wildman–Crippen MR) is 79.5 cm³/mol. The van der Waals surface area contributed by atoms with Gasteiger partial charge in [0, 0.05) is 18.8 Å². The van der Waals surface area contributed by atoms with Crippen LogP contribution in [-0.4, -0.2) is 28.9 Å². The zero-order valence-electron chi connectivity index (χ0n) is 11.6. The molecule has 19 heavy (non-hydrogen) atoms. The summed E-state index contributed by atoms with van der Waals surface area (Å²) in [5.74, 6) is 0.639. The Balaban J connectivity index is 2.81. The van der Waals surface area contributed by atoms with Gasteiger partial charge < -0.3 is 4.90 Å². The van der Waals surface area contributed by atoms with Gasteiger partial charge in [0.2, 0.25) is 0 Å². The molecule has 0 saturated carbocycles. The van der Waals surface area contributed by atoms with E-state index in [1.54, 1.807) is 11.8 Å². The summed E-state index contributed by atoms with van der Waals surface area (Å²) in [7, 11) is 0. The van der Waals surface area contributed by atoms with Crippen LogP contribution in [0, 0.1) is 22.7 Å². The third-order valence-electron chi connectivity index (χ3n) is 2.91. The van der Waals surface area contributed by atoms with Gasteiger partial charge in [-0.15, -0.1) is 0 Å². The summed E-state index contributed by atoms with van der Waals surface area (Å²) in [6.45, 7) is 6.36. The van der Waals surface area contributed by atoms with Crippen molar-refractivity contribution in [3.63, 3.8) is 0 Å². The van der Waals surface area contributed by atoms with Gasteiger partial charge in [-0.05, 0) is 12.8 Å². The second kappa shape index (κ2) is 8.61. The van der Waals surface area contributed by atoms with Crippen LogP contribution in [0.5, 0.6) is 0 Å². The molecule has 4 nitrogen and oxygen atoms in total. The maximum Gasteiger partial charge on any atom is 0.164 e. The average molecular weight is 276 g/mol. The topological polar surface area (TPSA) is 63.2 Å². The van der Waals surface area contributed by atoms with Crippen molar-refractivity contribution in [2.75, 3.05) is 18.8 Å². The molecule has 0 bridgehead atoms. The molecule has 102 valence electrons. The van der Waals surface area contributed by atoms with Crippen molar-refractivity contribution in [3.05, 3.63) is 11.3 Å². The molecule has 0 aliphatic carbocycles. The van der Waals surface area contributed by atoms with Crippen LogP contribution in [0.1, 0.15) is 39.5 Å². The summed E-state index contributed by atoms with van der Waals surface area (Å²) in [5.41, 5.74) is 0.774. The first-order valence-corrected chi connectivity index (χ1v) is 7.75. The monoisotopic (exact) mass is 276 g/mol. The molecule has 1 aliphatic heterocycles. The Morgan fingerprint density at radius 2 is 1.79 bits per heavy atom. The molecule has 0 aromatic carbocycles. The fourth-order valence-corrected chi connectivity index (χ4v) is 2.77. The smallest absolute Gasteiger partial charge is 0.164 e. The summed E-state index contributed by atoms with van der Waals surface area (Å²) in [4.78, 5) is 6.77. The number of thioether (sulfide) groups is 1. The molecule has 0 N–H and O–H groups in total. The third-order valence-corrected chi connectivity index (χ3v) is 3.94. The molecular weight excluding hydrogens is 256 g/mol. The molecule has 0 unspecified atom stereocenters. The molecule has 0 atom stereocenters. The molecule has 1 heterocycles. The Morgan fingerprint density at radius 3 is 2.26 bits per heavy atom. The third kappa shape index (κ3) is 4.61. The number of hydrogen-bond donors (Lipinski definition) is 0. The SMILES string of the molecule is CCCCN(CCCC)C1=NC(=C(C#N)C#N)CS1. The Kier molecular flexibility index (Phi) is 7.07. The lowest BCUT2D eigenvalue weighted by atomic mass is 10.2. The van der Waals surface area contributed by atoms with Gasteiger partial charge in [-0.1, -0.05) is 38.5 Å². The molecule has 0 spiro atoms. The number of nitriles is 2. The summed E-state index contributed by atoms with van der Waals surface area (Å²) in [6.07, 6.45) is 4.60. The van der Waals surface area contributed by atoms with Gasteiger partial charge in [0.25, 0.3) is 0 Å². The Bertz CT molecular complexity index is 415. The zero-order valence-corrected chi connectivity index (χ0v) is 12.5. The number of nitrogens with zero attached hydrogens (tertiary/aromatic N) is 4. The standard InChI is InChI=1S/C14H20N4S/c1-3-5-7-18(8-6-4-2)14-17-13(11-19-14)12(9-15)10-16/h3-8,11H2,1-2H3. The van der Waals surface area contributed by atoms with Gasteiger partial charge in [-0.25, -0.2) is 4.99 Å². The Morgan fingerprint density at radius 1 is 1.21 bits per heavy atom. The molecule has 1 rings (SSSR count). The van der Waals surface area contributed by atoms with E-state index in [4.69, 9.17) is 10.5 Å². The average Bonchev–Trinajstić information content (AvgIpc) is 2.90. The van der Waals surface area contributed by atoms with E-state index in [0.717, 1.165) is 43.9 Å². The largest absolute Gasteiger partial charge is 0.351 e. The lowest BCUT2D eigenvalue weighted by Gasteiger charge is -2.23.